The van der Waals surface area contributed by atoms with Gasteiger partial charge in [-0.25, -0.2) is 8.78 Å². The van der Waals surface area contributed by atoms with E-state index < -0.39 is 23.4 Å². The van der Waals surface area contributed by atoms with Gasteiger partial charge in [-0.2, -0.15) is 13.2 Å². The summed E-state index contributed by atoms with van der Waals surface area (Å²) in [6.07, 6.45) is 11.1. The first kappa shape index (κ1) is 23.8. The summed E-state index contributed by atoms with van der Waals surface area (Å²) in [5, 5.41) is 0. The lowest BCUT2D eigenvalue weighted by molar-refractivity contribution is -0.0696. The Balaban J connectivity index is 1.53. The molecule has 1 aromatic carbocycles. The molecule has 0 amide bonds. The van der Waals surface area contributed by atoms with Crippen LogP contribution in [-0.2, 0) is 0 Å². The van der Waals surface area contributed by atoms with Gasteiger partial charge in [0.15, 0.2) is 0 Å². The van der Waals surface area contributed by atoms with Crippen LogP contribution in [0.15, 0.2) is 24.3 Å². The van der Waals surface area contributed by atoms with Crippen molar-refractivity contribution in [3.05, 3.63) is 47.0 Å². The molecule has 2 saturated carbocycles. The molecule has 0 aromatic heterocycles. The molecule has 0 heterocycles. The minimum absolute atomic E-state index is 0.0574. The standard InChI is InChI=1S/C26H31F5/c1-2-3-4-5-18-6-8-19(9-7-18)20-10-12-21(13-11-20)22-16-24(27)23(25(28)17-22)14-15-26(29,30)31/h2-3,16-21H,4-13H2,1H3. The number of rotatable bonds is 5. The van der Waals surface area contributed by atoms with Gasteiger partial charge in [0.2, 0.25) is 0 Å². The van der Waals surface area contributed by atoms with Gasteiger partial charge in [0, 0.05) is 5.92 Å². The van der Waals surface area contributed by atoms with Crippen molar-refractivity contribution in [3.8, 4) is 11.8 Å². The van der Waals surface area contributed by atoms with E-state index in [9.17, 15) is 22.0 Å². The highest BCUT2D eigenvalue weighted by molar-refractivity contribution is 5.40. The third-order valence-electron chi connectivity index (χ3n) is 7.17. The second kappa shape index (κ2) is 10.7. The summed E-state index contributed by atoms with van der Waals surface area (Å²) < 4.78 is 65.2. The normalized spacial score (nSPS) is 27.2. The Morgan fingerprint density at radius 2 is 1.45 bits per heavy atom. The average molecular weight is 439 g/mol. The van der Waals surface area contributed by atoms with Crippen molar-refractivity contribution >= 4 is 0 Å². The Labute approximate surface area is 182 Å². The maximum atomic E-state index is 14.2. The Kier molecular flexibility index (Phi) is 8.19. The third-order valence-corrected chi connectivity index (χ3v) is 7.17. The van der Waals surface area contributed by atoms with Crippen molar-refractivity contribution in [1.82, 2.24) is 0 Å². The Morgan fingerprint density at radius 1 is 0.903 bits per heavy atom. The molecule has 2 aliphatic rings. The fourth-order valence-electron chi connectivity index (χ4n) is 5.45. The van der Waals surface area contributed by atoms with Crippen molar-refractivity contribution in [2.24, 2.45) is 17.8 Å². The zero-order valence-corrected chi connectivity index (χ0v) is 18.1. The fourth-order valence-corrected chi connectivity index (χ4v) is 5.45. The summed E-state index contributed by atoms with van der Waals surface area (Å²) in [4.78, 5) is 0. The van der Waals surface area contributed by atoms with Gasteiger partial charge in [0.05, 0.1) is 5.56 Å². The van der Waals surface area contributed by atoms with Crippen molar-refractivity contribution in [1.29, 1.82) is 0 Å². The van der Waals surface area contributed by atoms with Crippen LogP contribution < -0.4 is 0 Å². The molecule has 0 aliphatic heterocycles. The van der Waals surface area contributed by atoms with Crippen LogP contribution in [0, 0.1) is 41.2 Å². The number of allylic oxidation sites excluding steroid dienone is 2. The van der Waals surface area contributed by atoms with Crippen LogP contribution in [0.3, 0.4) is 0 Å². The van der Waals surface area contributed by atoms with Crippen LogP contribution in [-0.4, -0.2) is 6.18 Å². The Bertz CT molecular complexity index is 787. The molecule has 2 aliphatic carbocycles. The average Bonchev–Trinajstić information content (AvgIpc) is 2.73. The minimum Gasteiger partial charge on any atom is -0.206 e. The molecule has 0 N–H and O–H groups in total. The zero-order valence-electron chi connectivity index (χ0n) is 18.1. The molecule has 0 saturated heterocycles. The van der Waals surface area contributed by atoms with E-state index in [1.807, 2.05) is 0 Å². The van der Waals surface area contributed by atoms with Crippen LogP contribution in [0.4, 0.5) is 22.0 Å². The van der Waals surface area contributed by atoms with Crippen LogP contribution in [0.2, 0.25) is 0 Å². The van der Waals surface area contributed by atoms with Gasteiger partial charge in [-0.05, 0) is 99.7 Å². The summed E-state index contributed by atoms with van der Waals surface area (Å²) in [6.45, 7) is 2.06. The summed E-state index contributed by atoms with van der Waals surface area (Å²) in [5.41, 5.74) is -0.264. The molecule has 0 nitrogen and oxygen atoms in total. The number of benzene rings is 1. The zero-order chi connectivity index (χ0) is 22.4. The molecule has 0 atom stereocenters. The predicted octanol–water partition coefficient (Wildman–Crippen LogP) is 8.32. The smallest absolute Gasteiger partial charge is 0.206 e. The monoisotopic (exact) mass is 438 g/mol. The van der Waals surface area contributed by atoms with Gasteiger partial charge in [-0.1, -0.05) is 30.9 Å². The first-order valence-corrected chi connectivity index (χ1v) is 11.5. The largest absolute Gasteiger partial charge is 0.458 e. The van der Waals surface area contributed by atoms with E-state index in [0.717, 1.165) is 43.4 Å². The van der Waals surface area contributed by atoms with E-state index in [4.69, 9.17) is 0 Å². The highest BCUT2D eigenvalue weighted by Crippen LogP contribution is 2.44. The Morgan fingerprint density at radius 3 is 1.97 bits per heavy atom. The summed E-state index contributed by atoms with van der Waals surface area (Å²) in [7, 11) is 0. The molecule has 1 aromatic rings. The molecule has 2 fully saturated rings. The first-order valence-electron chi connectivity index (χ1n) is 11.5. The molecular formula is C26H31F5. The van der Waals surface area contributed by atoms with Crippen LogP contribution in [0.5, 0.6) is 0 Å². The van der Waals surface area contributed by atoms with Gasteiger partial charge in [-0.3, -0.25) is 0 Å². The lowest BCUT2D eigenvalue weighted by Gasteiger charge is -2.38. The molecule has 0 bridgehead atoms. The van der Waals surface area contributed by atoms with Gasteiger partial charge in [0.25, 0.3) is 0 Å². The molecule has 0 spiro atoms. The van der Waals surface area contributed by atoms with Crippen LogP contribution in [0.1, 0.15) is 88.2 Å². The molecule has 5 heteroatoms. The van der Waals surface area contributed by atoms with E-state index in [-0.39, 0.29) is 5.92 Å². The van der Waals surface area contributed by atoms with Crippen molar-refractivity contribution in [2.75, 3.05) is 0 Å². The van der Waals surface area contributed by atoms with E-state index >= 15 is 0 Å². The number of hydrogen-bond donors (Lipinski definition) is 0. The molecule has 3 rings (SSSR count). The maximum absolute atomic E-state index is 14.2. The van der Waals surface area contributed by atoms with Gasteiger partial charge < -0.3 is 0 Å². The number of alkyl halides is 3. The van der Waals surface area contributed by atoms with Crippen LogP contribution >= 0.6 is 0 Å². The van der Waals surface area contributed by atoms with Crippen molar-refractivity contribution in [2.45, 2.75) is 83.2 Å². The van der Waals surface area contributed by atoms with E-state index in [2.05, 4.69) is 19.1 Å². The van der Waals surface area contributed by atoms with Gasteiger partial charge >= 0.3 is 6.18 Å². The third kappa shape index (κ3) is 6.82. The highest BCUT2D eigenvalue weighted by atomic mass is 19.4. The second-order valence-electron chi connectivity index (χ2n) is 9.15. The molecule has 0 unspecified atom stereocenters. The molecule has 0 radical (unpaired) electrons. The van der Waals surface area contributed by atoms with Gasteiger partial charge in [-0.15, -0.1) is 0 Å². The highest BCUT2D eigenvalue weighted by Gasteiger charge is 2.31. The summed E-state index contributed by atoms with van der Waals surface area (Å²) in [6, 6.07) is 2.34. The Hall–Kier alpha value is -1.83. The number of halogens is 5. The van der Waals surface area contributed by atoms with E-state index in [0.29, 0.717) is 11.5 Å². The SMILES string of the molecule is CC=CCCC1CCC(C2CCC(c3cc(F)c(C#CC(F)(F)F)c(F)c3)CC2)CC1. The topological polar surface area (TPSA) is 0 Å². The van der Waals surface area contributed by atoms with E-state index in [1.54, 1.807) is 5.92 Å². The molecule has 170 valence electrons. The predicted molar refractivity (Wildman–Crippen MR) is 113 cm³/mol. The summed E-state index contributed by atoms with van der Waals surface area (Å²) in [5.74, 6) is 2.85. The second-order valence-corrected chi connectivity index (χ2v) is 9.15. The van der Waals surface area contributed by atoms with Crippen molar-refractivity contribution < 1.29 is 22.0 Å². The quantitative estimate of drug-likeness (QED) is 0.246. The van der Waals surface area contributed by atoms with Gasteiger partial charge in [0.1, 0.15) is 11.6 Å². The number of hydrogen-bond acceptors (Lipinski definition) is 0. The maximum Gasteiger partial charge on any atom is 0.458 e. The molecular weight excluding hydrogens is 407 g/mol. The van der Waals surface area contributed by atoms with E-state index in [1.165, 1.54) is 50.7 Å². The van der Waals surface area contributed by atoms with Crippen LogP contribution in [0.25, 0.3) is 0 Å². The molecule has 31 heavy (non-hydrogen) atoms. The summed E-state index contributed by atoms with van der Waals surface area (Å²) >= 11 is 0. The lowest BCUT2D eigenvalue weighted by Crippen LogP contribution is -2.25. The lowest BCUT2D eigenvalue weighted by atomic mass is 9.68. The fraction of sp³-hybridized carbons (Fsp3) is 0.615. The minimum atomic E-state index is -4.78. The first-order chi connectivity index (χ1) is 14.8. The van der Waals surface area contributed by atoms with Crippen molar-refractivity contribution in [3.63, 3.8) is 0 Å².